The second-order valence-electron chi connectivity index (χ2n) is 4.57. The predicted octanol–water partition coefficient (Wildman–Crippen LogP) is 0.274. The fourth-order valence-electron chi connectivity index (χ4n) is 1.68. The fourth-order valence-corrected chi connectivity index (χ4v) is 1.68. The number of aromatic hydroxyl groups is 1. The third kappa shape index (κ3) is 5.51. The normalized spacial score (nSPS) is 11.7. The maximum Gasteiger partial charge on any atom is 0.220 e. The van der Waals surface area contributed by atoms with Crippen molar-refractivity contribution in [3.05, 3.63) is 29.8 Å². The summed E-state index contributed by atoms with van der Waals surface area (Å²) in [5.74, 6) is -1.10. The number of benzene rings is 1. The van der Waals surface area contributed by atoms with Gasteiger partial charge in [0.1, 0.15) is 5.75 Å². The lowest BCUT2D eigenvalue weighted by molar-refractivity contribution is -0.129. The second kappa shape index (κ2) is 7.28. The van der Waals surface area contributed by atoms with Crippen molar-refractivity contribution in [2.24, 2.45) is 5.73 Å². The number of primary amides is 1. The SMILES string of the molecule is CC(=O)C(CC(N)=O)NC(=O)CCc1ccc(O)cc1. The van der Waals surface area contributed by atoms with Crippen LogP contribution in [0.5, 0.6) is 5.75 Å². The number of ketones is 1. The number of nitrogens with one attached hydrogen (secondary N) is 1. The molecule has 1 aromatic rings. The number of phenols is 1. The monoisotopic (exact) mass is 278 g/mol. The lowest BCUT2D eigenvalue weighted by Crippen LogP contribution is -2.42. The molecule has 0 aliphatic carbocycles. The van der Waals surface area contributed by atoms with Crippen molar-refractivity contribution in [1.29, 1.82) is 0 Å². The standard InChI is InChI=1S/C14H18N2O4/c1-9(17)12(8-13(15)19)16-14(20)7-4-10-2-5-11(18)6-3-10/h2-3,5-6,12,18H,4,7-8H2,1H3,(H2,15,19)(H,16,20). The maximum absolute atomic E-state index is 11.7. The molecule has 0 spiro atoms. The van der Waals surface area contributed by atoms with E-state index in [4.69, 9.17) is 10.8 Å². The molecule has 0 aliphatic heterocycles. The Morgan fingerprint density at radius 3 is 2.35 bits per heavy atom. The molecule has 6 nitrogen and oxygen atoms in total. The number of phenolic OH excluding ortho intramolecular Hbond substituents is 1. The zero-order chi connectivity index (χ0) is 15.1. The molecule has 1 unspecified atom stereocenters. The summed E-state index contributed by atoms with van der Waals surface area (Å²) in [4.78, 5) is 33.8. The van der Waals surface area contributed by atoms with Crippen LogP contribution in [0.4, 0.5) is 0 Å². The highest BCUT2D eigenvalue weighted by atomic mass is 16.3. The van der Waals surface area contributed by atoms with E-state index < -0.39 is 11.9 Å². The van der Waals surface area contributed by atoms with Gasteiger partial charge in [-0.05, 0) is 31.0 Å². The Morgan fingerprint density at radius 2 is 1.85 bits per heavy atom. The third-order valence-electron chi connectivity index (χ3n) is 2.81. The Labute approximate surface area is 117 Å². The average Bonchev–Trinajstić information content (AvgIpc) is 2.36. The minimum Gasteiger partial charge on any atom is -0.508 e. The van der Waals surface area contributed by atoms with Crippen LogP contribution in [0.3, 0.4) is 0 Å². The first-order chi connectivity index (χ1) is 9.38. The number of Topliss-reactive ketones (excluding diaryl/α,β-unsaturated/α-hetero) is 1. The zero-order valence-electron chi connectivity index (χ0n) is 11.3. The molecule has 0 saturated carbocycles. The topological polar surface area (TPSA) is 109 Å². The number of rotatable bonds is 7. The van der Waals surface area contributed by atoms with Gasteiger partial charge in [-0.3, -0.25) is 14.4 Å². The van der Waals surface area contributed by atoms with E-state index in [9.17, 15) is 14.4 Å². The second-order valence-corrected chi connectivity index (χ2v) is 4.57. The van der Waals surface area contributed by atoms with Crippen molar-refractivity contribution < 1.29 is 19.5 Å². The van der Waals surface area contributed by atoms with E-state index in [1.807, 2.05) is 0 Å². The molecule has 6 heteroatoms. The van der Waals surface area contributed by atoms with Crippen LogP contribution in [0.25, 0.3) is 0 Å². The number of aryl methyl sites for hydroxylation is 1. The Kier molecular flexibility index (Phi) is 5.71. The predicted molar refractivity (Wildman–Crippen MR) is 72.9 cm³/mol. The van der Waals surface area contributed by atoms with Gasteiger partial charge in [-0.15, -0.1) is 0 Å². The van der Waals surface area contributed by atoms with Crippen LogP contribution in [0, 0.1) is 0 Å². The van der Waals surface area contributed by atoms with Gasteiger partial charge in [0.15, 0.2) is 5.78 Å². The van der Waals surface area contributed by atoms with E-state index in [0.29, 0.717) is 6.42 Å². The van der Waals surface area contributed by atoms with Crippen molar-refractivity contribution in [2.45, 2.75) is 32.2 Å². The van der Waals surface area contributed by atoms with E-state index in [-0.39, 0.29) is 30.3 Å². The highest BCUT2D eigenvalue weighted by Gasteiger charge is 2.19. The summed E-state index contributed by atoms with van der Waals surface area (Å²) in [6, 6.07) is 5.65. The van der Waals surface area contributed by atoms with Gasteiger partial charge in [0.05, 0.1) is 12.5 Å². The van der Waals surface area contributed by atoms with Crippen LogP contribution < -0.4 is 11.1 Å². The summed E-state index contributed by atoms with van der Waals surface area (Å²) in [7, 11) is 0. The number of carbonyl (C=O) groups is 3. The maximum atomic E-state index is 11.7. The van der Waals surface area contributed by atoms with Gasteiger partial charge in [0, 0.05) is 6.42 Å². The Balaban J connectivity index is 2.47. The van der Waals surface area contributed by atoms with Crippen LogP contribution in [0.15, 0.2) is 24.3 Å². The molecule has 2 amide bonds. The summed E-state index contributed by atoms with van der Waals surface area (Å²) >= 11 is 0. The molecule has 1 rings (SSSR count). The van der Waals surface area contributed by atoms with E-state index in [1.165, 1.54) is 6.92 Å². The average molecular weight is 278 g/mol. The number of nitrogens with two attached hydrogens (primary N) is 1. The summed E-state index contributed by atoms with van der Waals surface area (Å²) in [5.41, 5.74) is 5.92. The van der Waals surface area contributed by atoms with Crippen LogP contribution in [-0.2, 0) is 20.8 Å². The van der Waals surface area contributed by atoms with Gasteiger partial charge in [-0.25, -0.2) is 0 Å². The van der Waals surface area contributed by atoms with Crippen molar-refractivity contribution >= 4 is 17.6 Å². The van der Waals surface area contributed by atoms with Crippen molar-refractivity contribution in [3.8, 4) is 5.75 Å². The number of hydrogen-bond acceptors (Lipinski definition) is 4. The molecular formula is C14H18N2O4. The minimum atomic E-state index is -0.861. The lowest BCUT2D eigenvalue weighted by atomic mass is 10.1. The minimum absolute atomic E-state index is 0.163. The number of carbonyl (C=O) groups excluding carboxylic acids is 3. The third-order valence-corrected chi connectivity index (χ3v) is 2.81. The van der Waals surface area contributed by atoms with E-state index in [2.05, 4.69) is 5.32 Å². The molecule has 0 bridgehead atoms. The first-order valence-electron chi connectivity index (χ1n) is 6.24. The van der Waals surface area contributed by atoms with Gasteiger partial charge >= 0.3 is 0 Å². The number of amides is 2. The zero-order valence-corrected chi connectivity index (χ0v) is 11.3. The summed E-state index contributed by atoms with van der Waals surface area (Å²) < 4.78 is 0. The molecule has 20 heavy (non-hydrogen) atoms. The fraction of sp³-hybridized carbons (Fsp3) is 0.357. The molecule has 0 heterocycles. The Morgan fingerprint density at radius 1 is 1.25 bits per heavy atom. The van der Waals surface area contributed by atoms with E-state index in [1.54, 1.807) is 24.3 Å². The summed E-state index contributed by atoms with van der Waals surface area (Å²) in [5, 5.41) is 11.6. The van der Waals surface area contributed by atoms with E-state index in [0.717, 1.165) is 5.56 Å². The van der Waals surface area contributed by atoms with Crippen LogP contribution in [-0.4, -0.2) is 28.7 Å². The van der Waals surface area contributed by atoms with Gasteiger partial charge in [0.25, 0.3) is 0 Å². The van der Waals surface area contributed by atoms with Crippen molar-refractivity contribution in [3.63, 3.8) is 0 Å². The van der Waals surface area contributed by atoms with Crippen molar-refractivity contribution in [2.75, 3.05) is 0 Å². The van der Waals surface area contributed by atoms with Gasteiger partial charge in [-0.2, -0.15) is 0 Å². The Hall–Kier alpha value is -2.37. The molecule has 1 aromatic carbocycles. The molecule has 0 aliphatic rings. The molecule has 4 N–H and O–H groups in total. The first kappa shape index (κ1) is 15.7. The molecule has 0 aromatic heterocycles. The van der Waals surface area contributed by atoms with Crippen molar-refractivity contribution in [1.82, 2.24) is 5.32 Å². The smallest absolute Gasteiger partial charge is 0.220 e. The molecule has 0 saturated heterocycles. The largest absolute Gasteiger partial charge is 0.508 e. The molecule has 0 radical (unpaired) electrons. The molecule has 108 valence electrons. The molecule has 1 atom stereocenters. The first-order valence-corrected chi connectivity index (χ1v) is 6.24. The van der Waals surface area contributed by atoms with Crippen LogP contribution >= 0.6 is 0 Å². The van der Waals surface area contributed by atoms with Gasteiger partial charge in [-0.1, -0.05) is 12.1 Å². The number of hydrogen-bond donors (Lipinski definition) is 3. The highest BCUT2D eigenvalue weighted by Crippen LogP contribution is 2.11. The summed E-state index contributed by atoms with van der Waals surface area (Å²) in [6.45, 7) is 1.30. The van der Waals surface area contributed by atoms with Gasteiger partial charge in [0.2, 0.25) is 11.8 Å². The lowest BCUT2D eigenvalue weighted by Gasteiger charge is -2.14. The Bertz CT molecular complexity index is 496. The molecule has 0 fully saturated rings. The van der Waals surface area contributed by atoms with E-state index >= 15 is 0 Å². The van der Waals surface area contributed by atoms with Crippen LogP contribution in [0.2, 0.25) is 0 Å². The summed E-state index contributed by atoms with van der Waals surface area (Å²) in [6.07, 6.45) is 0.473. The quantitative estimate of drug-likeness (QED) is 0.665. The molecular weight excluding hydrogens is 260 g/mol. The highest BCUT2D eigenvalue weighted by molar-refractivity contribution is 5.91. The van der Waals surface area contributed by atoms with Gasteiger partial charge < -0.3 is 16.2 Å². The van der Waals surface area contributed by atoms with Crippen LogP contribution in [0.1, 0.15) is 25.3 Å².